The Balaban J connectivity index is 1.83. The number of nitrogens with one attached hydrogen (secondary N) is 2. The van der Waals surface area contributed by atoms with Crippen LogP contribution in [0.15, 0.2) is 0 Å². The lowest BCUT2D eigenvalue weighted by molar-refractivity contribution is -0.134. The number of nitrogens with zero attached hydrogens (tertiary/aromatic N) is 1. The topological polar surface area (TPSA) is 53.6 Å². The smallest absolute Gasteiger partial charge is 0.250 e. The third-order valence-electron chi connectivity index (χ3n) is 4.64. The molecule has 21 heavy (non-hydrogen) atoms. The van der Waals surface area contributed by atoms with Crippen molar-refractivity contribution in [1.82, 2.24) is 15.5 Å². The van der Waals surface area contributed by atoms with Crippen LogP contribution in [-0.4, -0.2) is 61.8 Å². The summed E-state index contributed by atoms with van der Waals surface area (Å²) >= 11 is 0. The highest BCUT2D eigenvalue weighted by atomic mass is 16.5. The summed E-state index contributed by atoms with van der Waals surface area (Å²) in [4.78, 5) is 14.7. The number of piperidine rings is 1. The first-order chi connectivity index (χ1) is 9.88. The van der Waals surface area contributed by atoms with Crippen molar-refractivity contribution in [3.05, 3.63) is 0 Å². The zero-order valence-corrected chi connectivity index (χ0v) is 13.9. The Hall–Kier alpha value is -0.650. The van der Waals surface area contributed by atoms with Crippen molar-refractivity contribution in [3.63, 3.8) is 0 Å². The third-order valence-corrected chi connectivity index (χ3v) is 4.64. The molecule has 0 aromatic heterocycles. The van der Waals surface area contributed by atoms with Crippen LogP contribution < -0.4 is 10.6 Å². The van der Waals surface area contributed by atoms with E-state index in [0.29, 0.717) is 19.7 Å². The monoisotopic (exact) mass is 297 g/mol. The predicted octanol–water partition coefficient (Wildman–Crippen LogP) is 0.848. The molecule has 2 aliphatic heterocycles. The van der Waals surface area contributed by atoms with Gasteiger partial charge in [-0.05, 0) is 32.1 Å². The van der Waals surface area contributed by atoms with E-state index < -0.39 is 0 Å². The maximum absolute atomic E-state index is 12.2. The fourth-order valence-electron chi connectivity index (χ4n) is 3.42. The van der Waals surface area contributed by atoms with Gasteiger partial charge in [-0.2, -0.15) is 0 Å². The molecule has 0 aromatic carbocycles. The van der Waals surface area contributed by atoms with Crippen molar-refractivity contribution < 1.29 is 9.53 Å². The van der Waals surface area contributed by atoms with Crippen molar-refractivity contribution in [2.24, 2.45) is 11.8 Å². The number of hydrogen-bond acceptors (Lipinski definition) is 4. The average molecular weight is 297 g/mol. The molecule has 122 valence electrons. The molecule has 1 amide bonds. The van der Waals surface area contributed by atoms with Crippen LogP contribution in [0.2, 0.25) is 0 Å². The molecule has 0 radical (unpaired) electrons. The first kappa shape index (κ1) is 16.7. The summed E-state index contributed by atoms with van der Waals surface area (Å²) < 4.78 is 5.50. The molecule has 2 saturated heterocycles. The molecule has 0 aromatic rings. The van der Waals surface area contributed by atoms with E-state index in [0.717, 1.165) is 31.5 Å². The second-order valence-electron chi connectivity index (χ2n) is 7.44. The van der Waals surface area contributed by atoms with Gasteiger partial charge in [-0.1, -0.05) is 13.8 Å². The van der Waals surface area contributed by atoms with Gasteiger partial charge in [-0.15, -0.1) is 0 Å². The molecule has 0 spiro atoms. The van der Waals surface area contributed by atoms with Gasteiger partial charge in [0.15, 0.2) is 0 Å². The SMILES string of the molecule is CC1CC(C)CN(C(C)(C)CNC(=O)C2CNCCO2)C1. The molecule has 2 fully saturated rings. The van der Waals surface area contributed by atoms with Crippen molar-refractivity contribution in [1.29, 1.82) is 0 Å². The van der Waals surface area contributed by atoms with E-state index in [9.17, 15) is 4.79 Å². The van der Waals surface area contributed by atoms with Crippen molar-refractivity contribution in [2.75, 3.05) is 39.3 Å². The summed E-state index contributed by atoms with van der Waals surface area (Å²) in [7, 11) is 0. The number of ether oxygens (including phenoxy) is 1. The molecule has 0 aliphatic carbocycles. The normalized spacial score (nSPS) is 31.9. The Morgan fingerprint density at radius 3 is 2.57 bits per heavy atom. The van der Waals surface area contributed by atoms with E-state index in [1.54, 1.807) is 0 Å². The van der Waals surface area contributed by atoms with Gasteiger partial charge in [0, 0.05) is 38.3 Å². The van der Waals surface area contributed by atoms with Crippen molar-refractivity contribution in [2.45, 2.75) is 45.8 Å². The zero-order valence-electron chi connectivity index (χ0n) is 13.9. The Bertz CT molecular complexity index is 343. The molecule has 5 heteroatoms. The number of amides is 1. The molecule has 2 heterocycles. The number of carbonyl (C=O) groups excluding carboxylic acids is 1. The van der Waals surface area contributed by atoms with E-state index in [1.165, 1.54) is 6.42 Å². The van der Waals surface area contributed by atoms with Gasteiger partial charge in [0.25, 0.3) is 5.91 Å². The molecular formula is C16H31N3O2. The van der Waals surface area contributed by atoms with E-state index in [2.05, 4.69) is 43.2 Å². The summed E-state index contributed by atoms with van der Waals surface area (Å²) in [6.45, 7) is 14.0. The van der Waals surface area contributed by atoms with Gasteiger partial charge in [-0.25, -0.2) is 0 Å². The maximum atomic E-state index is 12.2. The lowest BCUT2D eigenvalue weighted by Gasteiger charge is -2.45. The number of likely N-dealkylation sites (tertiary alicyclic amines) is 1. The van der Waals surface area contributed by atoms with E-state index >= 15 is 0 Å². The van der Waals surface area contributed by atoms with Crippen LogP contribution in [0.4, 0.5) is 0 Å². The number of carbonyl (C=O) groups is 1. The van der Waals surface area contributed by atoms with E-state index in [1.807, 2.05) is 0 Å². The molecule has 0 bridgehead atoms. The number of hydrogen-bond donors (Lipinski definition) is 2. The van der Waals surface area contributed by atoms with E-state index in [4.69, 9.17) is 4.74 Å². The Kier molecular flexibility index (Phi) is 5.63. The second-order valence-corrected chi connectivity index (χ2v) is 7.44. The van der Waals surface area contributed by atoms with Crippen LogP contribution in [0.3, 0.4) is 0 Å². The predicted molar refractivity (Wildman–Crippen MR) is 84.2 cm³/mol. The first-order valence-corrected chi connectivity index (χ1v) is 8.23. The van der Waals surface area contributed by atoms with Gasteiger partial charge in [-0.3, -0.25) is 9.69 Å². The fraction of sp³-hybridized carbons (Fsp3) is 0.938. The summed E-state index contributed by atoms with van der Waals surface area (Å²) in [5, 5.41) is 6.27. The van der Waals surface area contributed by atoms with Gasteiger partial charge >= 0.3 is 0 Å². The molecule has 3 unspecified atom stereocenters. The minimum atomic E-state index is -0.339. The van der Waals surface area contributed by atoms with Crippen LogP contribution in [-0.2, 0) is 9.53 Å². The molecule has 2 rings (SSSR count). The summed E-state index contributed by atoms with van der Waals surface area (Å²) in [5.74, 6) is 1.47. The highest BCUT2D eigenvalue weighted by Gasteiger charge is 2.33. The number of morpholine rings is 1. The quantitative estimate of drug-likeness (QED) is 0.808. The fourth-order valence-corrected chi connectivity index (χ4v) is 3.42. The lowest BCUT2D eigenvalue weighted by atomic mass is 9.88. The van der Waals surface area contributed by atoms with Crippen LogP contribution in [0, 0.1) is 11.8 Å². The summed E-state index contributed by atoms with van der Waals surface area (Å²) in [6, 6.07) is 0. The first-order valence-electron chi connectivity index (χ1n) is 8.23. The standard InChI is InChI=1S/C16H31N3O2/c1-12-7-13(2)10-19(9-12)16(3,4)11-18-15(20)14-8-17-5-6-21-14/h12-14,17H,5-11H2,1-4H3,(H,18,20). The van der Waals surface area contributed by atoms with Gasteiger partial charge in [0.2, 0.25) is 0 Å². The zero-order chi connectivity index (χ0) is 15.5. The van der Waals surface area contributed by atoms with E-state index in [-0.39, 0.29) is 17.6 Å². The highest BCUT2D eigenvalue weighted by Crippen LogP contribution is 2.26. The van der Waals surface area contributed by atoms with Gasteiger partial charge in [0.1, 0.15) is 6.10 Å². The highest BCUT2D eigenvalue weighted by molar-refractivity contribution is 5.81. The van der Waals surface area contributed by atoms with Crippen LogP contribution >= 0.6 is 0 Å². The molecule has 2 aliphatic rings. The van der Waals surface area contributed by atoms with Crippen molar-refractivity contribution in [3.8, 4) is 0 Å². The summed E-state index contributed by atoms with van der Waals surface area (Å²) in [5.41, 5.74) is -0.0132. The summed E-state index contributed by atoms with van der Waals surface area (Å²) in [6.07, 6.45) is 0.967. The third kappa shape index (κ3) is 4.66. The molecule has 2 N–H and O–H groups in total. The van der Waals surface area contributed by atoms with Crippen LogP contribution in [0.1, 0.15) is 34.1 Å². The lowest BCUT2D eigenvalue weighted by Crippen LogP contribution is -2.57. The van der Waals surface area contributed by atoms with Crippen LogP contribution in [0.5, 0.6) is 0 Å². The second kappa shape index (κ2) is 7.07. The van der Waals surface area contributed by atoms with Gasteiger partial charge in [0.05, 0.1) is 6.61 Å². The Morgan fingerprint density at radius 2 is 2.00 bits per heavy atom. The molecule has 0 saturated carbocycles. The van der Waals surface area contributed by atoms with Gasteiger partial charge < -0.3 is 15.4 Å². The average Bonchev–Trinajstić information content (AvgIpc) is 2.45. The Morgan fingerprint density at radius 1 is 1.33 bits per heavy atom. The maximum Gasteiger partial charge on any atom is 0.250 e. The number of rotatable bonds is 4. The Labute approximate surface area is 128 Å². The minimum Gasteiger partial charge on any atom is -0.366 e. The van der Waals surface area contributed by atoms with Crippen molar-refractivity contribution >= 4 is 5.91 Å². The largest absolute Gasteiger partial charge is 0.366 e. The minimum absolute atomic E-state index is 0.00776. The molecule has 3 atom stereocenters. The molecule has 5 nitrogen and oxygen atoms in total. The molecular weight excluding hydrogens is 266 g/mol. The van der Waals surface area contributed by atoms with Crippen LogP contribution in [0.25, 0.3) is 0 Å².